The molecule has 1 N–H and O–H groups in total. The molecule has 0 fully saturated rings. The number of hydrogen-bond acceptors (Lipinski definition) is 3. The number of hydrogen-bond donors (Lipinski definition) is 1. The van der Waals surface area contributed by atoms with E-state index in [0.717, 1.165) is 0 Å². The highest BCUT2D eigenvalue weighted by atomic mass is 16.5. The zero-order chi connectivity index (χ0) is 13.5. The van der Waals surface area contributed by atoms with Gasteiger partial charge in [-0.3, -0.25) is 0 Å². The highest BCUT2D eigenvalue weighted by molar-refractivity contribution is 5.87. The van der Waals surface area contributed by atoms with Crippen LogP contribution in [-0.4, -0.2) is 18.2 Å². The van der Waals surface area contributed by atoms with Gasteiger partial charge >= 0.3 is 5.97 Å². The Morgan fingerprint density at radius 2 is 1.53 bits per heavy atom. The summed E-state index contributed by atoms with van der Waals surface area (Å²) in [4.78, 5) is 11.9. The van der Waals surface area contributed by atoms with E-state index < -0.39 is 11.6 Å². The van der Waals surface area contributed by atoms with E-state index in [9.17, 15) is 9.90 Å². The molecule has 0 aliphatic carbocycles. The Morgan fingerprint density at radius 3 is 1.95 bits per heavy atom. The van der Waals surface area contributed by atoms with Crippen LogP contribution in [0.1, 0.15) is 11.1 Å². The van der Waals surface area contributed by atoms with Gasteiger partial charge in [0.2, 0.25) is 5.60 Å². The van der Waals surface area contributed by atoms with Crippen LogP contribution in [0.2, 0.25) is 0 Å². The molecule has 0 aromatic heterocycles. The smallest absolute Gasteiger partial charge is 0.345 e. The van der Waals surface area contributed by atoms with Crippen LogP contribution in [0, 0.1) is 0 Å². The third-order valence-corrected chi connectivity index (χ3v) is 3.36. The van der Waals surface area contributed by atoms with Gasteiger partial charge in [-0.15, -0.1) is 0 Å². The first-order chi connectivity index (χ1) is 9.20. The van der Waals surface area contributed by atoms with Crippen LogP contribution < -0.4 is 4.74 Å². The zero-order valence-electron chi connectivity index (χ0n) is 10.3. The van der Waals surface area contributed by atoms with Crippen molar-refractivity contribution in [2.75, 3.05) is 7.11 Å². The number of para-hydroxylation sites is 2. The second kappa shape index (κ2) is 4.10. The van der Waals surface area contributed by atoms with Crippen LogP contribution in [-0.2, 0) is 15.1 Å². The van der Waals surface area contributed by atoms with Crippen molar-refractivity contribution in [2.45, 2.75) is 5.60 Å². The number of methoxy groups -OCH3 is 1. The maximum absolute atomic E-state index is 11.9. The van der Waals surface area contributed by atoms with Gasteiger partial charge in [-0.2, -0.15) is 0 Å². The van der Waals surface area contributed by atoms with Crippen molar-refractivity contribution in [1.29, 1.82) is 0 Å². The number of carboxylic acid groups (broad SMARTS) is 1. The van der Waals surface area contributed by atoms with Crippen LogP contribution in [0.5, 0.6) is 11.5 Å². The molecular formula is C15H12O4. The van der Waals surface area contributed by atoms with E-state index in [1.165, 1.54) is 7.11 Å². The second-order valence-corrected chi connectivity index (χ2v) is 4.28. The van der Waals surface area contributed by atoms with Gasteiger partial charge in [-0.25, -0.2) is 4.79 Å². The lowest BCUT2D eigenvalue weighted by Gasteiger charge is -2.35. The van der Waals surface area contributed by atoms with Gasteiger partial charge in [0.25, 0.3) is 0 Å². The summed E-state index contributed by atoms with van der Waals surface area (Å²) >= 11 is 0. The summed E-state index contributed by atoms with van der Waals surface area (Å²) in [5.74, 6) is -0.0471. The number of rotatable bonds is 2. The number of carbonyl (C=O) groups is 1. The molecule has 0 saturated carbocycles. The average molecular weight is 256 g/mol. The predicted molar refractivity (Wildman–Crippen MR) is 68.4 cm³/mol. The SMILES string of the molecule is COC1(C(=O)O)c2ccccc2Oc2ccccc21. The molecule has 19 heavy (non-hydrogen) atoms. The van der Waals surface area contributed by atoms with Gasteiger partial charge in [-0.05, 0) is 12.1 Å². The Labute approximate surface area is 110 Å². The fourth-order valence-corrected chi connectivity index (χ4v) is 2.49. The lowest BCUT2D eigenvalue weighted by molar-refractivity contribution is -0.159. The molecule has 2 aromatic carbocycles. The summed E-state index contributed by atoms with van der Waals surface area (Å²) in [6.07, 6.45) is 0. The minimum absolute atomic E-state index is 0.503. The molecule has 1 heterocycles. The fourth-order valence-electron chi connectivity index (χ4n) is 2.49. The average Bonchev–Trinajstić information content (AvgIpc) is 2.44. The second-order valence-electron chi connectivity index (χ2n) is 4.28. The summed E-state index contributed by atoms with van der Waals surface area (Å²) in [5.41, 5.74) is -0.516. The Hall–Kier alpha value is -2.33. The first-order valence-corrected chi connectivity index (χ1v) is 5.85. The first kappa shape index (κ1) is 11.7. The summed E-state index contributed by atoms with van der Waals surface area (Å²) in [5, 5.41) is 9.70. The number of fused-ring (bicyclic) bond motifs is 2. The number of aliphatic carboxylic acids is 1. The lowest BCUT2D eigenvalue weighted by atomic mass is 9.83. The summed E-state index contributed by atoms with van der Waals surface area (Å²) in [6, 6.07) is 14.0. The quantitative estimate of drug-likeness (QED) is 0.897. The largest absolute Gasteiger partial charge is 0.479 e. The molecule has 0 unspecified atom stereocenters. The van der Waals surface area contributed by atoms with Gasteiger partial charge in [0, 0.05) is 18.2 Å². The standard InChI is InChI=1S/C15H12O4/c1-18-15(14(16)17)10-6-2-4-8-12(10)19-13-9-5-3-7-11(13)15/h2-9H,1H3,(H,16,17). The van der Waals surface area contributed by atoms with Crippen molar-refractivity contribution >= 4 is 5.97 Å². The highest BCUT2D eigenvalue weighted by Crippen LogP contribution is 2.48. The van der Waals surface area contributed by atoms with E-state index in [0.29, 0.717) is 22.6 Å². The maximum Gasteiger partial charge on any atom is 0.345 e. The Bertz CT molecular complexity index is 603. The van der Waals surface area contributed by atoms with Crippen molar-refractivity contribution in [2.24, 2.45) is 0 Å². The molecule has 1 aliphatic heterocycles. The molecule has 3 rings (SSSR count). The van der Waals surface area contributed by atoms with Gasteiger partial charge in [0.05, 0.1) is 0 Å². The number of ether oxygens (including phenoxy) is 2. The van der Waals surface area contributed by atoms with Gasteiger partial charge < -0.3 is 14.6 Å². The van der Waals surface area contributed by atoms with Crippen molar-refractivity contribution in [1.82, 2.24) is 0 Å². The zero-order valence-corrected chi connectivity index (χ0v) is 10.3. The molecule has 4 heteroatoms. The molecule has 0 bridgehead atoms. The van der Waals surface area contributed by atoms with E-state index >= 15 is 0 Å². The van der Waals surface area contributed by atoms with Gasteiger partial charge in [-0.1, -0.05) is 36.4 Å². The van der Waals surface area contributed by atoms with E-state index in [4.69, 9.17) is 9.47 Å². The van der Waals surface area contributed by atoms with Gasteiger partial charge in [0.15, 0.2) is 0 Å². The topological polar surface area (TPSA) is 55.8 Å². The Morgan fingerprint density at radius 1 is 1.05 bits per heavy atom. The minimum atomic E-state index is -1.52. The molecule has 0 amide bonds. The molecule has 0 radical (unpaired) electrons. The van der Waals surface area contributed by atoms with Crippen LogP contribution in [0.25, 0.3) is 0 Å². The molecule has 2 aromatic rings. The van der Waals surface area contributed by atoms with E-state index in [1.807, 2.05) is 0 Å². The molecule has 96 valence electrons. The fraction of sp³-hybridized carbons (Fsp3) is 0.133. The first-order valence-electron chi connectivity index (χ1n) is 5.85. The maximum atomic E-state index is 11.9. The third kappa shape index (κ3) is 1.47. The monoisotopic (exact) mass is 256 g/mol. The molecular weight excluding hydrogens is 244 g/mol. The lowest BCUT2D eigenvalue weighted by Crippen LogP contribution is -2.41. The normalized spacial score (nSPS) is 15.0. The molecule has 0 spiro atoms. The third-order valence-electron chi connectivity index (χ3n) is 3.36. The van der Waals surface area contributed by atoms with Crippen molar-refractivity contribution in [3.63, 3.8) is 0 Å². The number of carboxylic acids is 1. The van der Waals surface area contributed by atoms with Crippen molar-refractivity contribution in [3.05, 3.63) is 59.7 Å². The van der Waals surface area contributed by atoms with Crippen LogP contribution >= 0.6 is 0 Å². The Balaban J connectivity index is 2.37. The van der Waals surface area contributed by atoms with Crippen molar-refractivity contribution in [3.8, 4) is 11.5 Å². The van der Waals surface area contributed by atoms with Crippen LogP contribution in [0.3, 0.4) is 0 Å². The van der Waals surface area contributed by atoms with E-state index in [1.54, 1.807) is 48.5 Å². The molecule has 4 nitrogen and oxygen atoms in total. The summed E-state index contributed by atoms with van der Waals surface area (Å²) in [7, 11) is 1.40. The van der Waals surface area contributed by atoms with Crippen molar-refractivity contribution < 1.29 is 19.4 Å². The van der Waals surface area contributed by atoms with E-state index in [-0.39, 0.29) is 0 Å². The highest BCUT2D eigenvalue weighted by Gasteiger charge is 2.49. The molecule has 0 atom stereocenters. The Kier molecular flexibility index (Phi) is 2.54. The molecule has 0 saturated heterocycles. The van der Waals surface area contributed by atoms with E-state index in [2.05, 4.69) is 0 Å². The molecule has 1 aliphatic rings. The van der Waals surface area contributed by atoms with Crippen LogP contribution in [0.15, 0.2) is 48.5 Å². The predicted octanol–water partition coefficient (Wildman–Crippen LogP) is 2.77. The minimum Gasteiger partial charge on any atom is -0.479 e. The summed E-state index contributed by atoms with van der Waals surface area (Å²) < 4.78 is 11.2. The van der Waals surface area contributed by atoms with Gasteiger partial charge in [0.1, 0.15) is 11.5 Å². The summed E-state index contributed by atoms with van der Waals surface area (Å²) in [6.45, 7) is 0. The number of benzene rings is 2. The van der Waals surface area contributed by atoms with Crippen LogP contribution in [0.4, 0.5) is 0 Å².